The Morgan fingerprint density at radius 1 is 1.20 bits per heavy atom. The van der Waals surface area contributed by atoms with E-state index in [9.17, 15) is 14.0 Å². The third kappa shape index (κ3) is 3.46. The van der Waals surface area contributed by atoms with Crippen molar-refractivity contribution in [1.29, 1.82) is 0 Å². The number of aromatic nitrogens is 2. The molecule has 0 atom stereocenters. The van der Waals surface area contributed by atoms with Gasteiger partial charge in [0.15, 0.2) is 5.69 Å². The van der Waals surface area contributed by atoms with Crippen molar-refractivity contribution in [2.75, 3.05) is 0 Å². The first-order valence-corrected chi connectivity index (χ1v) is 7.80. The van der Waals surface area contributed by atoms with Gasteiger partial charge in [0.05, 0.1) is 10.5 Å². The largest absolute Gasteiger partial charge is 0.364 e. The maximum Gasteiger partial charge on any atom is 0.269 e. The summed E-state index contributed by atoms with van der Waals surface area (Å²) in [6, 6.07) is 11.5. The average molecular weight is 361 g/mol. The first-order chi connectivity index (χ1) is 12.0. The van der Waals surface area contributed by atoms with Crippen LogP contribution in [0.25, 0.3) is 10.9 Å². The predicted octanol–water partition coefficient (Wildman–Crippen LogP) is 2.24. The number of carbonyl (C=O) groups is 2. The van der Waals surface area contributed by atoms with Crippen LogP contribution in [0.1, 0.15) is 16.1 Å². The fourth-order valence-corrected chi connectivity index (χ4v) is 2.69. The Morgan fingerprint density at radius 3 is 2.72 bits per heavy atom. The highest BCUT2D eigenvalue weighted by molar-refractivity contribution is 6.30. The van der Waals surface area contributed by atoms with Crippen molar-refractivity contribution in [2.24, 2.45) is 5.73 Å². The van der Waals surface area contributed by atoms with Crippen molar-refractivity contribution in [3.05, 3.63) is 64.6 Å². The minimum atomic E-state index is -0.670. The van der Waals surface area contributed by atoms with Crippen LogP contribution in [0.2, 0.25) is 5.02 Å². The van der Waals surface area contributed by atoms with Gasteiger partial charge in [-0.25, -0.2) is 4.39 Å². The number of carbonyl (C=O) groups excluding carboxylic acids is 2. The van der Waals surface area contributed by atoms with Crippen LogP contribution in [0.4, 0.5) is 4.39 Å². The zero-order chi connectivity index (χ0) is 18.0. The number of rotatable bonds is 5. The summed E-state index contributed by atoms with van der Waals surface area (Å²) in [4.78, 5) is 23.6. The van der Waals surface area contributed by atoms with Gasteiger partial charge in [-0.2, -0.15) is 5.10 Å². The van der Waals surface area contributed by atoms with Gasteiger partial charge in [-0.1, -0.05) is 41.9 Å². The molecule has 1 aromatic heterocycles. The number of para-hydroxylation sites is 1. The Morgan fingerprint density at radius 2 is 1.96 bits per heavy atom. The van der Waals surface area contributed by atoms with E-state index in [1.54, 1.807) is 30.3 Å². The van der Waals surface area contributed by atoms with Crippen LogP contribution in [-0.4, -0.2) is 21.6 Å². The quantitative estimate of drug-likeness (QED) is 0.731. The first-order valence-electron chi connectivity index (χ1n) is 7.42. The highest BCUT2D eigenvalue weighted by Gasteiger charge is 2.16. The van der Waals surface area contributed by atoms with E-state index in [0.29, 0.717) is 10.9 Å². The van der Waals surface area contributed by atoms with E-state index >= 15 is 0 Å². The van der Waals surface area contributed by atoms with Crippen LogP contribution >= 0.6 is 11.6 Å². The van der Waals surface area contributed by atoms with Crippen molar-refractivity contribution < 1.29 is 14.0 Å². The molecule has 0 saturated carbocycles. The smallest absolute Gasteiger partial charge is 0.269 e. The van der Waals surface area contributed by atoms with Gasteiger partial charge < -0.3 is 11.1 Å². The normalized spacial score (nSPS) is 10.8. The number of nitrogens with zero attached hydrogens (tertiary/aromatic N) is 2. The molecule has 3 rings (SSSR count). The summed E-state index contributed by atoms with van der Waals surface area (Å²) in [7, 11) is 0. The zero-order valence-electron chi connectivity index (χ0n) is 13.0. The third-order valence-corrected chi connectivity index (χ3v) is 3.98. The molecule has 0 aliphatic heterocycles. The number of nitrogens with two attached hydrogens (primary N) is 1. The second-order valence-corrected chi connectivity index (χ2v) is 5.78. The number of hydrogen-bond donors (Lipinski definition) is 2. The summed E-state index contributed by atoms with van der Waals surface area (Å²) in [5.74, 6) is -1.62. The molecular formula is C17H14ClFN4O2. The van der Waals surface area contributed by atoms with E-state index in [0.717, 1.165) is 0 Å². The van der Waals surface area contributed by atoms with Gasteiger partial charge in [0.25, 0.3) is 5.91 Å². The molecule has 0 radical (unpaired) electrons. The van der Waals surface area contributed by atoms with Gasteiger partial charge in [0, 0.05) is 17.5 Å². The van der Waals surface area contributed by atoms with Crippen LogP contribution in [0.3, 0.4) is 0 Å². The summed E-state index contributed by atoms with van der Waals surface area (Å²) in [5, 5.41) is 7.27. The van der Waals surface area contributed by atoms with Gasteiger partial charge in [-0.3, -0.25) is 14.3 Å². The molecule has 0 unspecified atom stereocenters. The highest BCUT2D eigenvalue weighted by Crippen LogP contribution is 2.19. The molecule has 0 aliphatic carbocycles. The molecule has 8 heteroatoms. The molecule has 2 amide bonds. The van der Waals surface area contributed by atoms with Crippen molar-refractivity contribution in [3.8, 4) is 0 Å². The molecular weight excluding hydrogens is 347 g/mol. The summed E-state index contributed by atoms with van der Waals surface area (Å²) in [6.07, 6.45) is 0. The second kappa shape index (κ2) is 6.90. The molecule has 3 aromatic rings. The van der Waals surface area contributed by atoms with Crippen LogP contribution in [0.15, 0.2) is 42.5 Å². The molecule has 0 saturated heterocycles. The Kier molecular flexibility index (Phi) is 4.67. The molecule has 0 aliphatic rings. The Bertz CT molecular complexity index is 970. The molecule has 0 bridgehead atoms. The van der Waals surface area contributed by atoms with Gasteiger partial charge in [-0.05, 0) is 12.1 Å². The number of amides is 2. The lowest BCUT2D eigenvalue weighted by Crippen LogP contribution is -2.28. The number of nitrogens with one attached hydrogen (secondary N) is 1. The number of benzene rings is 2. The monoisotopic (exact) mass is 360 g/mol. The maximum atomic E-state index is 13.8. The number of fused-ring (bicyclic) bond motifs is 1. The molecule has 0 fully saturated rings. The minimum absolute atomic E-state index is 0.00378. The van der Waals surface area contributed by atoms with E-state index in [1.807, 2.05) is 0 Å². The van der Waals surface area contributed by atoms with Gasteiger partial charge in [0.2, 0.25) is 5.91 Å². The Hall–Kier alpha value is -2.93. The van der Waals surface area contributed by atoms with E-state index in [1.165, 1.54) is 16.8 Å². The summed E-state index contributed by atoms with van der Waals surface area (Å²) >= 11 is 5.71. The average Bonchev–Trinajstić information content (AvgIpc) is 2.95. The van der Waals surface area contributed by atoms with Crippen LogP contribution in [-0.2, 0) is 17.9 Å². The summed E-state index contributed by atoms with van der Waals surface area (Å²) < 4.78 is 15.2. The molecule has 6 nitrogen and oxygen atoms in total. The van der Waals surface area contributed by atoms with E-state index in [2.05, 4.69) is 10.4 Å². The Balaban J connectivity index is 1.76. The first kappa shape index (κ1) is 16.9. The summed E-state index contributed by atoms with van der Waals surface area (Å²) in [6.45, 7) is -0.136. The van der Waals surface area contributed by atoms with Crippen molar-refractivity contribution >= 4 is 34.3 Å². The predicted molar refractivity (Wildman–Crippen MR) is 91.5 cm³/mol. The van der Waals surface area contributed by atoms with E-state index < -0.39 is 11.7 Å². The lowest BCUT2D eigenvalue weighted by atomic mass is 10.2. The molecule has 2 aromatic carbocycles. The van der Waals surface area contributed by atoms with Crippen molar-refractivity contribution in [2.45, 2.75) is 13.1 Å². The van der Waals surface area contributed by atoms with Crippen LogP contribution in [0, 0.1) is 5.82 Å². The molecule has 0 spiro atoms. The molecule has 3 N–H and O–H groups in total. The molecule has 25 heavy (non-hydrogen) atoms. The van der Waals surface area contributed by atoms with Crippen molar-refractivity contribution in [3.63, 3.8) is 0 Å². The van der Waals surface area contributed by atoms with Gasteiger partial charge in [-0.15, -0.1) is 0 Å². The summed E-state index contributed by atoms with van der Waals surface area (Å²) in [5.41, 5.74) is 6.31. The maximum absolute atomic E-state index is 13.8. The minimum Gasteiger partial charge on any atom is -0.364 e. The highest BCUT2D eigenvalue weighted by atomic mass is 35.5. The van der Waals surface area contributed by atoms with Gasteiger partial charge in [0.1, 0.15) is 12.4 Å². The molecule has 1 heterocycles. The van der Waals surface area contributed by atoms with Crippen LogP contribution < -0.4 is 11.1 Å². The number of primary amides is 1. The SMILES string of the molecule is NC(=O)c1nn(CC(=O)NCc2cccc(Cl)c2F)c2ccccc12. The number of halogens is 2. The topological polar surface area (TPSA) is 90.0 Å². The van der Waals surface area contributed by atoms with E-state index in [-0.39, 0.29) is 35.3 Å². The molecule has 128 valence electrons. The van der Waals surface area contributed by atoms with Crippen molar-refractivity contribution in [1.82, 2.24) is 15.1 Å². The number of hydrogen-bond acceptors (Lipinski definition) is 3. The lowest BCUT2D eigenvalue weighted by Gasteiger charge is -2.08. The van der Waals surface area contributed by atoms with E-state index in [4.69, 9.17) is 17.3 Å². The van der Waals surface area contributed by atoms with Gasteiger partial charge >= 0.3 is 0 Å². The fraction of sp³-hybridized carbons (Fsp3) is 0.118. The van der Waals surface area contributed by atoms with Crippen LogP contribution in [0.5, 0.6) is 0 Å². The second-order valence-electron chi connectivity index (χ2n) is 5.38. The zero-order valence-corrected chi connectivity index (χ0v) is 13.8. The third-order valence-electron chi connectivity index (χ3n) is 3.69. The standard InChI is InChI=1S/C17H14ClFN4O2/c18-12-6-3-4-10(15(12)19)8-21-14(24)9-23-13-7-2-1-5-11(13)16(22-23)17(20)25/h1-7H,8-9H2,(H2,20,25)(H,21,24). The fourth-order valence-electron chi connectivity index (χ4n) is 2.50. The lowest BCUT2D eigenvalue weighted by molar-refractivity contribution is -0.121. The Labute approximate surface area is 147 Å².